The predicted octanol–water partition coefficient (Wildman–Crippen LogP) is 5.16. The summed E-state index contributed by atoms with van der Waals surface area (Å²) in [6.45, 7) is 0.577. The summed E-state index contributed by atoms with van der Waals surface area (Å²) in [5.74, 6) is 0.0269. The van der Waals surface area contributed by atoms with Crippen molar-refractivity contribution in [3.63, 3.8) is 0 Å². The molecule has 0 saturated heterocycles. The third-order valence-electron chi connectivity index (χ3n) is 6.14. The third-order valence-corrected chi connectivity index (χ3v) is 6.14. The Hall–Kier alpha value is -5.64. The number of ether oxygens (including phenoxy) is 2. The molecule has 0 aliphatic carbocycles. The van der Waals surface area contributed by atoms with Crippen LogP contribution >= 0.6 is 0 Å². The molecule has 4 aromatic rings. The fraction of sp³-hybridized carbons (Fsp3) is 0.125. The van der Waals surface area contributed by atoms with E-state index in [4.69, 9.17) is 9.47 Å². The summed E-state index contributed by atoms with van der Waals surface area (Å²) >= 11 is 0. The van der Waals surface area contributed by atoms with E-state index < -0.39 is 11.8 Å². The Labute approximate surface area is 243 Å². The number of phenols is 2. The first-order chi connectivity index (χ1) is 20.4. The van der Waals surface area contributed by atoms with Gasteiger partial charge in [0.25, 0.3) is 11.8 Å². The summed E-state index contributed by atoms with van der Waals surface area (Å²) in [6, 6.07) is 23.3. The summed E-state index contributed by atoms with van der Waals surface area (Å²) in [5, 5.41) is 26.7. The van der Waals surface area contributed by atoms with Gasteiger partial charge in [-0.2, -0.15) is 0 Å². The molecule has 0 atom stereocenters. The molecule has 0 bridgehead atoms. The van der Waals surface area contributed by atoms with Gasteiger partial charge < -0.3 is 30.3 Å². The third kappa shape index (κ3) is 7.51. The molecular formula is C32H30N4O6. The van der Waals surface area contributed by atoms with Gasteiger partial charge in [-0.1, -0.05) is 12.1 Å². The van der Waals surface area contributed by atoms with Crippen LogP contribution in [0.1, 0.15) is 31.8 Å². The van der Waals surface area contributed by atoms with E-state index in [2.05, 4.69) is 20.6 Å². The van der Waals surface area contributed by atoms with Crippen molar-refractivity contribution in [2.75, 3.05) is 37.9 Å². The quantitative estimate of drug-likeness (QED) is 0.146. The lowest BCUT2D eigenvalue weighted by Gasteiger charge is -2.09. The molecule has 0 radical (unpaired) electrons. The van der Waals surface area contributed by atoms with Crippen LogP contribution in [0.15, 0.2) is 94.9 Å². The molecule has 4 aromatic carbocycles. The molecule has 10 heteroatoms. The number of benzene rings is 4. The molecule has 4 N–H and O–H groups in total. The average Bonchev–Trinajstić information content (AvgIpc) is 3.01. The largest absolute Gasteiger partial charge is 0.506 e. The minimum absolute atomic E-state index is 0.110. The van der Waals surface area contributed by atoms with Gasteiger partial charge in [0, 0.05) is 34.9 Å². The number of aliphatic imine (C=N–C) groups is 2. The Bertz CT molecular complexity index is 1480. The molecular weight excluding hydrogens is 536 g/mol. The Morgan fingerprint density at radius 3 is 1.38 bits per heavy atom. The molecule has 0 aliphatic rings. The number of aromatic hydroxyl groups is 2. The second kappa shape index (κ2) is 14.1. The molecule has 0 saturated carbocycles. The highest BCUT2D eigenvalue weighted by molar-refractivity contribution is 6.08. The van der Waals surface area contributed by atoms with Gasteiger partial charge in [-0.05, 0) is 72.8 Å². The standard InChI is InChI=1S/C32H30N4O6/c1-41-25-13-9-23(10-14-25)35-31(39)27-7-3-5-21(29(27)37)19-33-17-18-34-20-22-6-4-8-28(30(22)38)32(40)36-24-11-15-26(42-2)16-12-24/h3-16,19-20,37-38H,17-18H2,1-2H3,(H,35,39)(H,36,40). The van der Waals surface area contributed by atoms with E-state index in [1.807, 2.05) is 0 Å². The fourth-order valence-corrected chi connectivity index (χ4v) is 3.88. The lowest BCUT2D eigenvalue weighted by molar-refractivity contribution is 0.101. The summed E-state index contributed by atoms with van der Waals surface area (Å²) in [5.41, 5.74) is 2.11. The van der Waals surface area contributed by atoms with Crippen LogP contribution in [0.5, 0.6) is 23.0 Å². The summed E-state index contributed by atoms with van der Waals surface area (Å²) in [7, 11) is 3.12. The normalized spacial score (nSPS) is 11.0. The van der Waals surface area contributed by atoms with Crippen LogP contribution in [0.4, 0.5) is 11.4 Å². The van der Waals surface area contributed by atoms with Crippen molar-refractivity contribution < 1.29 is 29.3 Å². The van der Waals surface area contributed by atoms with Crippen molar-refractivity contribution in [1.29, 1.82) is 0 Å². The van der Waals surface area contributed by atoms with Gasteiger partial charge in [-0.15, -0.1) is 0 Å². The smallest absolute Gasteiger partial charge is 0.259 e. The van der Waals surface area contributed by atoms with Gasteiger partial charge in [0.1, 0.15) is 23.0 Å². The highest BCUT2D eigenvalue weighted by Gasteiger charge is 2.15. The number of rotatable bonds is 11. The summed E-state index contributed by atoms with van der Waals surface area (Å²) in [4.78, 5) is 33.9. The first-order valence-corrected chi connectivity index (χ1v) is 12.9. The van der Waals surface area contributed by atoms with Crippen LogP contribution in [0.2, 0.25) is 0 Å². The average molecular weight is 567 g/mol. The SMILES string of the molecule is COc1ccc(NC(=O)c2cccc(C=NCCN=Cc3cccc(C(=O)Nc4ccc(OC)cc4)c3O)c2O)cc1. The molecule has 0 fully saturated rings. The molecule has 4 rings (SSSR count). The number of amides is 2. The van der Waals surface area contributed by atoms with Gasteiger partial charge in [0.2, 0.25) is 0 Å². The lowest BCUT2D eigenvalue weighted by Crippen LogP contribution is -2.12. The zero-order valence-electron chi connectivity index (χ0n) is 23.1. The second-order valence-corrected chi connectivity index (χ2v) is 8.92. The molecule has 0 aliphatic heterocycles. The molecule has 42 heavy (non-hydrogen) atoms. The number of carbonyl (C=O) groups excluding carboxylic acids is 2. The number of nitrogens with zero attached hydrogens (tertiary/aromatic N) is 2. The van der Waals surface area contributed by atoms with E-state index in [0.717, 1.165) is 0 Å². The maximum atomic E-state index is 12.7. The maximum Gasteiger partial charge on any atom is 0.259 e. The van der Waals surface area contributed by atoms with Gasteiger partial charge in [0.05, 0.1) is 38.4 Å². The molecule has 214 valence electrons. The number of anilines is 2. The Morgan fingerprint density at radius 2 is 1.02 bits per heavy atom. The van der Waals surface area contributed by atoms with E-state index in [9.17, 15) is 19.8 Å². The Balaban J connectivity index is 1.32. The minimum atomic E-state index is -0.461. The van der Waals surface area contributed by atoms with Gasteiger partial charge in [-0.3, -0.25) is 19.6 Å². The topological polar surface area (TPSA) is 142 Å². The van der Waals surface area contributed by atoms with Crippen LogP contribution in [-0.4, -0.2) is 61.8 Å². The van der Waals surface area contributed by atoms with E-state index in [1.165, 1.54) is 24.6 Å². The summed E-state index contributed by atoms with van der Waals surface area (Å²) in [6.07, 6.45) is 2.94. The Morgan fingerprint density at radius 1 is 0.643 bits per heavy atom. The number of hydrogen-bond donors (Lipinski definition) is 4. The molecule has 0 spiro atoms. The zero-order chi connectivity index (χ0) is 29.9. The van der Waals surface area contributed by atoms with Crippen molar-refractivity contribution in [3.05, 3.63) is 107 Å². The number of hydrogen-bond acceptors (Lipinski definition) is 8. The van der Waals surface area contributed by atoms with Gasteiger partial charge >= 0.3 is 0 Å². The van der Waals surface area contributed by atoms with Crippen molar-refractivity contribution in [1.82, 2.24) is 0 Å². The van der Waals surface area contributed by atoms with Crippen molar-refractivity contribution in [3.8, 4) is 23.0 Å². The van der Waals surface area contributed by atoms with Gasteiger partial charge in [0.15, 0.2) is 0 Å². The molecule has 10 nitrogen and oxygen atoms in total. The number of para-hydroxylation sites is 2. The monoisotopic (exact) mass is 566 g/mol. The number of nitrogens with one attached hydrogen (secondary N) is 2. The van der Waals surface area contributed by atoms with Crippen LogP contribution in [0, 0.1) is 0 Å². The number of phenolic OH excluding ortho intramolecular Hbond substituents is 2. The van der Waals surface area contributed by atoms with E-state index in [0.29, 0.717) is 34.0 Å². The van der Waals surface area contributed by atoms with E-state index in [1.54, 1.807) is 87.0 Å². The first-order valence-electron chi connectivity index (χ1n) is 12.9. The van der Waals surface area contributed by atoms with Crippen LogP contribution < -0.4 is 20.1 Å². The van der Waals surface area contributed by atoms with Crippen molar-refractivity contribution in [2.45, 2.75) is 0 Å². The molecule has 0 heterocycles. The fourth-order valence-electron chi connectivity index (χ4n) is 3.88. The maximum absolute atomic E-state index is 12.7. The Kier molecular flexibility index (Phi) is 9.87. The number of carbonyl (C=O) groups is 2. The van der Waals surface area contributed by atoms with Crippen molar-refractivity contribution in [2.24, 2.45) is 9.98 Å². The number of methoxy groups -OCH3 is 2. The van der Waals surface area contributed by atoms with E-state index in [-0.39, 0.29) is 35.7 Å². The first kappa shape index (κ1) is 29.3. The highest BCUT2D eigenvalue weighted by Crippen LogP contribution is 2.24. The van der Waals surface area contributed by atoms with Crippen LogP contribution in [-0.2, 0) is 0 Å². The highest BCUT2D eigenvalue weighted by atomic mass is 16.5. The second-order valence-electron chi connectivity index (χ2n) is 8.92. The molecule has 2 amide bonds. The van der Waals surface area contributed by atoms with Gasteiger partial charge in [-0.25, -0.2) is 0 Å². The minimum Gasteiger partial charge on any atom is -0.506 e. The van der Waals surface area contributed by atoms with Crippen LogP contribution in [0.3, 0.4) is 0 Å². The zero-order valence-corrected chi connectivity index (χ0v) is 23.1. The predicted molar refractivity (Wildman–Crippen MR) is 163 cm³/mol. The van der Waals surface area contributed by atoms with E-state index >= 15 is 0 Å². The van der Waals surface area contributed by atoms with Crippen molar-refractivity contribution >= 4 is 35.6 Å². The molecule has 0 unspecified atom stereocenters. The molecule has 0 aromatic heterocycles. The van der Waals surface area contributed by atoms with Crippen LogP contribution in [0.25, 0.3) is 0 Å². The lowest BCUT2D eigenvalue weighted by atomic mass is 10.1. The summed E-state index contributed by atoms with van der Waals surface area (Å²) < 4.78 is 10.2.